The first-order valence-electron chi connectivity index (χ1n) is 6.73. The second-order valence-corrected chi connectivity index (χ2v) is 6.35. The quantitative estimate of drug-likeness (QED) is 0.814. The molecular weight excluding hydrogens is 290 g/mol. The number of hydrogen-bond acceptors (Lipinski definition) is 4. The number of H-pyrrole nitrogens is 1. The Hall–Kier alpha value is -1.86. The average molecular weight is 309 g/mol. The third-order valence-corrected chi connectivity index (χ3v) is 4.46. The third-order valence-electron chi connectivity index (χ3n) is 3.00. The Bertz CT molecular complexity index is 681. The van der Waals surface area contributed by atoms with Crippen molar-refractivity contribution in [2.75, 3.05) is 13.2 Å². The van der Waals surface area contributed by atoms with Gasteiger partial charge in [-0.25, -0.2) is 18.1 Å². The number of imidazole rings is 1. The van der Waals surface area contributed by atoms with Crippen LogP contribution < -0.4 is 9.46 Å². The zero-order valence-corrected chi connectivity index (χ0v) is 12.9. The van der Waals surface area contributed by atoms with Crippen molar-refractivity contribution in [1.82, 2.24) is 14.7 Å². The van der Waals surface area contributed by atoms with Crippen LogP contribution in [0.1, 0.15) is 18.2 Å². The molecule has 1 aromatic heterocycles. The summed E-state index contributed by atoms with van der Waals surface area (Å²) in [4.78, 5) is 7.06. The van der Waals surface area contributed by atoms with Gasteiger partial charge in [-0.2, -0.15) is 0 Å². The van der Waals surface area contributed by atoms with Crippen molar-refractivity contribution in [2.24, 2.45) is 0 Å². The molecule has 2 aromatic rings. The van der Waals surface area contributed by atoms with E-state index in [2.05, 4.69) is 14.7 Å². The maximum Gasteiger partial charge on any atom is 0.240 e. The van der Waals surface area contributed by atoms with E-state index < -0.39 is 10.0 Å². The normalized spacial score (nSPS) is 11.5. The van der Waals surface area contributed by atoms with Gasteiger partial charge in [-0.1, -0.05) is 0 Å². The van der Waals surface area contributed by atoms with Gasteiger partial charge >= 0.3 is 0 Å². The lowest BCUT2D eigenvalue weighted by molar-refractivity contribution is 0.337. The largest absolute Gasteiger partial charge is 0.494 e. The molecule has 0 spiro atoms. The first-order chi connectivity index (χ1) is 10.0. The summed E-state index contributed by atoms with van der Waals surface area (Å²) in [6, 6.07) is 4.85. The Morgan fingerprint density at radius 3 is 2.81 bits per heavy atom. The summed E-state index contributed by atoms with van der Waals surface area (Å²) < 4.78 is 32.4. The fraction of sp³-hybridized carbons (Fsp3) is 0.357. The number of rotatable bonds is 7. The highest BCUT2D eigenvalue weighted by molar-refractivity contribution is 7.89. The minimum absolute atomic E-state index is 0.244. The molecule has 0 atom stereocenters. The summed E-state index contributed by atoms with van der Waals surface area (Å²) in [5, 5.41) is 0. The minimum Gasteiger partial charge on any atom is -0.494 e. The second kappa shape index (κ2) is 6.73. The number of hydrogen-bond donors (Lipinski definition) is 2. The Balaban J connectivity index is 2.03. The number of nitrogens with one attached hydrogen (secondary N) is 2. The molecule has 2 rings (SSSR count). The summed E-state index contributed by atoms with van der Waals surface area (Å²) in [5.41, 5.74) is 1.69. The van der Waals surface area contributed by atoms with Gasteiger partial charge < -0.3 is 9.72 Å². The fourth-order valence-corrected chi connectivity index (χ4v) is 3.05. The van der Waals surface area contributed by atoms with Gasteiger partial charge in [-0.05, 0) is 37.6 Å². The van der Waals surface area contributed by atoms with Crippen molar-refractivity contribution >= 4 is 10.0 Å². The molecule has 6 nitrogen and oxygen atoms in total. The Labute approximate surface area is 124 Å². The summed E-state index contributed by atoms with van der Waals surface area (Å²) in [6.45, 7) is 4.59. The van der Waals surface area contributed by atoms with Crippen LogP contribution in [-0.2, 0) is 16.4 Å². The van der Waals surface area contributed by atoms with Gasteiger partial charge in [0, 0.05) is 24.9 Å². The Morgan fingerprint density at radius 1 is 1.38 bits per heavy atom. The van der Waals surface area contributed by atoms with Crippen LogP contribution in [0.15, 0.2) is 35.6 Å². The van der Waals surface area contributed by atoms with Gasteiger partial charge in [0.15, 0.2) is 0 Å². The smallest absolute Gasteiger partial charge is 0.240 e. The molecule has 0 aliphatic carbocycles. The molecular formula is C14H19N3O3S. The number of sulfonamides is 1. The van der Waals surface area contributed by atoms with E-state index in [0.717, 1.165) is 11.3 Å². The molecule has 114 valence electrons. The van der Waals surface area contributed by atoms with Crippen LogP contribution in [0, 0.1) is 6.92 Å². The van der Waals surface area contributed by atoms with E-state index in [1.165, 1.54) is 0 Å². The van der Waals surface area contributed by atoms with E-state index in [-0.39, 0.29) is 4.90 Å². The van der Waals surface area contributed by atoms with Crippen LogP contribution >= 0.6 is 0 Å². The number of aromatic amines is 1. The predicted molar refractivity (Wildman–Crippen MR) is 79.8 cm³/mol. The van der Waals surface area contributed by atoms with E-state index in [1.54, 1.807) is 30.7 Å². The Morgan fingerprint density at radius 2 is 2.19 bits per heavy atom. The topological polar surface area (TPSA) is 84.1 Å². The summed E-state index contributed by atoms with van der Waals surface area (Å²) in [7, 11) is -3.51. The van der Waals surface area contributed by atoms with Gasteiger partial charge in [0.2, 0.25) is 10.0 Å². The lowest BCUT2D eigenvalue weighted by atomic mass is 10.2. The molecule has 0 saturated carbocycles. The molecule has 7 heteroatoms. The molecule has 0 amide bonds. The highest BCUT2D eigenvalue weighted by Gasteiger charge is 2.15. The third kappa shape index (κ3) is 4.05. The summed E-state index contributed by atoms with van der Waals surface area (Å²) in [5.74, 6) is 0.703. The van der Waals surface area contributed by atoms with E-state index in [0.29, 0.717) is 25.3 Å². The first kappa shape index (κ1) is 15.5. The van der Waals surface area contributed by atoms with Crippen molar-refractivity contribution in [1.29, 1.82) is 0 Å². The lowest BCUT2D eigenvalue weighted by Crippen LogP contribution is -2.26. The molecule has 21 heavy (non-hydrogen) atoms. The zero-order chi connectivity index (χ0) is 15.3. The van der Waals surface area contributed by atoms with Crippen LogP contribution in [0.4, 0.5) is 0 Å². The summed E-state index contributed by atoms with van der Waals surface area (Å²) in [6.07, 6.45) is 3.81. The van der Waals surface area contributed by atoms with Crippen molar-refractivity contribution < 1.29 is 13.2 Å². The number of nitrogens with zero attached hydrogens (tertiary/aromatic N) is 1. The second-order valence-electron chi connectivity index (χ2n) is 4.58. The van der Waals surface area contributed by atoms with Gasteiger partial charge in [0.1, 0.15) is 5.75 Å². The van der Waals surface area contributed by atoms with Gasteiger partial charge in [-0.15, -0.1) is 0 Å². The van der Waals surface area contributed by atoms with Crippen LogP contribution in [0.2, 0.25) is 0 Å². The molecule has 0 radical (unpaired) electrons. The molecule has 1 heterocycles. The number of aromatic nitrogens is 2. The van der Waals surface area contributed by atoms with Gasteiger partial charge in [0.05, 0.1) is 17.8 Å². The predicted octanol–water partition coefficient (Wildman–Crippen LogP) is 1.64. The first-order valence-corrected chi connectivity index (χ1v) is 8.21. The monoisotopic (exact) mass is 309 g/mol. The minimum atomic E-state index is -3.51. The van der Waals surface area contributed by atoms with Crippen molar-refractivity contribution in [3.8, 4) is 5.75 Å². The molecule has 0 unspecified atom stereocenters. The van der Waals surface area contributed by atoms with E-state index in [1.807, 2.05) is 13.8 Å². The van der Waals surface area contributed by atoms with E-state index in [9.17, 15) is 8.42 Å². The van der Waals surface area contributed by atoms with E-state index >= 15 is 0 Å². The zero-order valence-electron chi connectivity index (χ0n) is 12.1. The molecule has 2 N–H and O–H groups in total. The van der Waals surface area contributed by atoms with Crippen LogP contribution in [0.5, 0.6) is 5.75 Å². The van der Waals surface area contributed by atoms with Crippen molar-refractivity contribution in [2.45, 2.75) is 25.2 Å². The standard InChI is InChI=1S/C14H19N3O3S/c1-3-20-14-5-4-13(8-11(14)2)21(18,19)17-7-6-12-9-15-10-16-12/h4-5,8-10,17H,3,6-7H2,1-2H3,(H,15,16). The lowest BCUT2D eigenvalue weighted by Gasteiger charge is -2.10. The summed E-state index contributed by atoms with van der Waals surface area (Å²) >= 11 is 0. The number of aryl methyl sites for hydroxylation is 1. The van der Waals surface area contributed by atoms with Gasteiger partial charge in [-0.3, -0.25) is 0 Å². The fourth-order valence-electron chi connectivity index (χ4n) is 1.93. The molecule has 0 aliphatic rings. The van der Waals surface area contributed by atoms with Crippen molar-refractivity contribution in [3.05, 3.63) is 42.0 Å². The number of benzene rings is 1. The Kier molecular flexibility index (Phi) is 4.98. The maximum atomic E-state index is 12.2. The average Bonchev–Trinajstić information content (AvgIpc) is 2.94. The van der Waals surface area contributed by atoms with Crippen LogP contribution in [0.3, 0.4) is 0 Å². The molecule has 1 aromatic carbocycles. The SMILES string of the molecule is CCOc1ccc(S(=O)(=O)NCCc2cnc[nH]2)cc1C. The van der Waals surface area contributed by atoms with Crippen molar-refractivity contribution in [3.63, 3.8) is 0 Å². The van der Waals surface area contributed by atoms with Crippen LogP contribution in [-0.4, -0.2) is 31.5 Å². The molecule has 0 fully saturated rings. The highest BCUT2D eigenvalue weighted by Crippen LogP contribution is 2.21. The molecule has 0 saturated heterocycles. The molecule has 0 bridgehead atoms. The maximum absolute atomic E-state index is 12.2. The number of ether oxygens (including phenoxy) is 1. The molecule has 0 aliphatic heterocycles. The van der Waals surface area contributed by atoms with Crippen LogP contribution in [0.25, 0.3) is 0 Å². The highest BCUT2D eigenvalue weighted by atomic mass is 32.2. The van der Waals surface area contributed by atoms with Gasteiger partial charge in [0.25, 0.3) is 0 Å². The van der Waals surface area contributed by atoms with E-state index in [4.69, 9.17) is 4.74 Å².